The van der Waals surface area contributed by atoms with Gasteiger partial charge in [0.15, 0.2) is 0 Å². The van der Waals surface area contributed by atoms with Crippen molar-refractivity contribution in [2.24, 2.45) is 0 Å². The molecule has 5 heteroatoms. The molecule has 1 aromatic carbocycles. The van der Waals surface area contributed by atoms with Crippen molar-refractivity contribution in [1.29, 1.82) is 0 Å². The number of ether oxygens (including phenoxy) is 1. The van der Waals surface area contributed by atoms with Crippen LogP contribution in [0.25, 0.3) is 0 Å². The first-order valence-electron chi connectivity index (χ1n) is 6.00. The summed E-state index contributed by atoms with van der Waals surface area (Å²) in [5, 5.41) is 3.02. The molecule has 0 aliphatic carbocycles. The van der Waals surface area contributed by atoms with Crippen molar-refractivity contribution < 1.29 is 13.5 Å². The van der Waals surface area contributed by atoms with E-state index in [2.05, 4.69) is 21.2 Å². The van der Waals surface area contributed by atoms with Gasteiger partial charge in [0.2, 0.25) is 0 Å². The van der Waals surface area contributed by atoms with E-state index in [1.54, 1.807) is 7.05 Å². The molecule has 1 saturated heterocycles. The summed E-state index contributed by atoms with van der Waals surface area (Å²) in [6, 6.07) is 2.07. The molecule has 0 spiro atoms. The highest BCUT2D eigenvalue weighted by Crippen LogP contribution is 2.32. The quantitative estimate of drug-likeness (QED) is 0.860. The smallest absolute Gasteiger partial charge is 0.137 e. The van der Waals surface area contributed by atoms with E-state index in [0.29, 0.717) is 5.56 Å². The minimum Gasteiger partial charge on any atom is -0.373 e. The van der Waals surface area contributed by atoms with Crippen molar-refractivity contribution in [2.45, 2.75) is 38.0 Å². The number of nitrogens with one attached hydrogen (secondary N) is 1. The number of benzene rings is 1. The van der Waals surface area contributed by atoms with Crippen LogP contribution >= 0.6 is 15.9 Å². The minimum atomic E-state index is -0.460. The monoisotopic (exact) mass is 319 g/mol. The SMILES string of the molecule is CNC(c1cc(F)c(Br)cc1F)C1CCC(C)O1. The summed E-state index contributed by atoms with van der Waals surface area (Å²) in [6.07, 6.45) is 1.86. The van der Waals surface area contributed by atoms with Gasteiger partial charge in [0.25, 0.3) is 0 Å². The van der Waals surface area contributed by atoms with Crippen molar-refractivity contribution in [1.82, 2.24) is 5.32 Å². The topological polar surface area (TPSA) is 21.3 Å². The fourth-order valence-corrected chi connectivity index (χ4v) is 2.71. The third-order valence-electron chi connectivity index (χ3n) is 3.32. The van der Waals surface area contributed by atoms with Crippen molar-refractivity contribution in [2.75, 3.05) is 7.05 Å². The third kappa shape index (κ3) is 2.73. The Morgan fingerprint density at radius 1 is 1.33 bits per heavy atom. The number of hydrogen-bond acceptors (Lipinski definition) is 2. The third-order valence-corrected chi connectivity index (χ3v) is 3.93. The van der Waals surface area contributed by atoms with Crippen LogP contribution in [-0.4, -0.2) is 19.3 Å². The zero-order valence-corrected chi connectivity index (χ0v) is 11.9. The van der Waals surface area contributed by atoms with Crippen LogP contribution in [0.3, 0.4) is 0 Å². The summed E-state index contributed by atoms with van der Waals surface area (Å²) in [6.45, 7) is 1.99. The maximum absolute atomic E-state index is 13.9. The Balaban J connectivity index is 2.30. The predicted octanol–water partition coefficient (Wildman–Crippen LogP) is 3.56. The summed E-state index contributed by atoms with van der Waals surface area (Å²) in [7, 11) is 1.73. The average molecular weight is 320 g/mol. The normalized spacial score (nSPS) is 25.4. The molecule has 3 unspecified atom stereocenters. The molecule has 1 aromatic rings. The molecule has 0 radical (unpaired) electrons. The first-order chi connectivity index (χ1) is 8.52. The highest BCUT2D eigenvalue weighted by Gasteiger charge is 2.31. The molecule has 1 aliphatic rings. The van der Waals surface area contributed by atoms with Gasteiger partial charge < -0.3 is 10.1 Å². The molecule has 2 rings (SSSR count). The van der Waals surface area contributed by atoms with Crippen LogP contribution in [0.1, 0.15) is 31.4 Å². The molecule has 0 aromatic heterocycles. The Morgan fingerprint density at radius 3 is 2.61 bits per heavy atom. The van der Waals surface area contributed by atoms with Crippen LogP contribution in [0.15, 0.2) is 16.6 Å². The summed E-state index contributed by atoms with van der Waals surface area (Å²) < 4.78 is 33.3. The molecule has 1 aliphatic heterocycles. The summed E-state index contributed by atoms with van der Waals surface area (Å²) in [5.74, 6) is -0.886. The lowest BCUT2D eigenvalue weighted by molar-refractivity contribution is 0.0325. The van der Waals surface area contributed by atoms with Gasteiger partial charge in [-0.25, -0.2) is 8.78 Å². The maximum atomic E-state index is 13.9. The van der Waals surface area contributed by atoms with Gasteiger partial charge in [-0.15, -0.1) is 0 Å². The highest BCUT2D eigenvalue weighted by molar-refractivity contribution is 9.10. The van der Waals surface area contributed by atoms with E-state index in [0.717, 1.165) is 18.9 Å². The van der Waals surface area contributed by atoms with Crippen LogP contribution in [0.2, 0.25) is 0 Å². The van der Waals surface area contributed by atoms with E-state index in [4.69, 9.17) is 4.74 Å². The van der Waals surface area contributed by atoms with Crippen LogP contribution in [0.5, 0.6) is 0 Å². The van der Waals surface area contributed by atoms with Gasteiger partial charge >= 0.3 is 0 Å². The maximum Gasteiger partial charge on any atom is 0.137 e. The molecule has 0 bridgehead atoms. The second kappa shape index (κ2) is 5.63. The molecule has 0 saturated carbocycles. The van der Waals surface area contributed by atoms with E-state index in [1.165, 1.54) is 6.07 Å². The zero-order valence-electron chi connectivity index (χ0n) is 10.3. The van der Waals surface area contributed by atoms with Crippen LogP contribution in [0, 0.1) is 11.6 Å². The van der Waals surface area contributed by atoms with Crippen molar-refractivity contribution in [3.05, 3.63) is 33.8 Å². The van der Waals surface area contributed by atoms with Crippen LogP contribution in [0.4, 0.5) is 8.78 Å². The van der Waals surface area contributed by atoms with E-state index in [-0.39, 0.29) is 22.7 Å². The molecule has 1 heterocycles. The van der Waals surface area contributed by atoms with Gasteiger partial charge in [-0.05, 0) is 54.9 Å². The average Bonchev–Trinajstić information content (AvgIpc) is 2.73. The molecule has 3 atom stereocenters. The van der Waals surface area contributed by atoms with E-state index < -0.39 is 11.6 Å². The number of hydrogen-bond donors (Lipinski definition) is 1. The summed E-state index contributed by atoms with van der Waals surface area (Å²) in [5.41, 5.74) is 0.317. The van der Waals surface area contributed by atoms with Gasteiger partial charge in [0.1, 0.15) is 11.6 Å². The fourth-order valence-electron chi connectivity index (χ4n) is 2.40. The Hall–Kier alpha value is -0.520. The first-order valence-corrected chi connectivity index (χ1v) is 6.79. The number of likely N-dealkylation sites (N-methyl/N-ethyl adjacent to an activating group) is 1. The lowest BCUT2D eigenvalue weighted by Gasteiger charge is -2.24. The number of rotatable bonds is 3. The minimum absolute atomic E-state index is 0.111. The van der Waals surface area contributed by atoms with E-state index in [1.807, 2.05) is 6.92 Å². The summed E-state index contributed by atoms with van der Waals surface area (Å²) >= 11 is 2.98. The van der Waals surface area contributed by atoms with Gasteiger partial charge in [-0.3, -0.25) is 0 Å². The van der Waals surface area contributed by atoms with Gasteiger partial charge in [-0.2, -0.15) is 0 Å². The van der Waals surface area contributed by atoms with Gasteiger partial charge in [0, 0.05) is 5.56 Å². The predicted molar refractivity (Wildman–Crippen MR) is 69.4 cm³/mol. The molecule has 1 N–H and O–H groups in total. The molecule has 0 amide bonds. The first kappa shape index (κ1) is 13.9. The van der Waals surface area contributed by atoms with Gasteiger partial charge in [0.05, 0.1) is 22.7 Å². The fraction of sp³-hybridized carbons (Fsp3) is 0.538. The van der Waals surface area contributed by atoms with E-state index in [9.17, 15) is 8.78 Å². The number of halogens is 3. The highest BCUT2D eigenvalue weighted by atomic mass is 79.9. The second-order valence-electron chi connectivity index (χ2n) is 4.62. The largest absolute Gasteiger partial charge is 0.373 e. The standard InChI is InChI=1S/C13H16BrF2NO/c1-7-3-4-12(18-7)13(17-2)8-5-11(16)9(14)6-10(8)15/h5-7,12-13,17H,3-4H2,1-2H3. The Morgan fingerprint density at radius 2 is 2.06 bits per heavy atom. The van der Waals surface area contributed by atoms with Crippen LogP contribution in [-0.2, 0) is 4.74 Å². The van der Waals surface area contributed by atoms with Crippen LogP contribution < -0.4 is 5.32 Å². The molecular weight excluding hydrogens is 304 g/mol. The molecule has 1 fully saturated rings. The Kier molecular flexibility index (Phi) is 4.35. The summed E-state index contributed by atoms with van der Waals surface area (Å²) in [4.78, 5) is 0. The second-order valence-corrected chi connectivity index (χ2v) is 5.47. The van der Waals surface area contributed by atoms with Gasteiger partial charge in [-0.1, -0.05) is 0 Å². The van der Waals surface area contributed by atoms with Crippen molar-refractivity contribution in [3.63, 3.8) is 0 Å². The van der Waals surface area contributed by atoms with Crippen molar-refractivity contribution in [3.8, 4) is 0 Å². The van der Waals surface area contributed by atoms with E-state index >= 15 is 0 Å². The molecule has 18 heavy (non-hydrogen) atoms. The zero-order chi connectivity index (χ0) is 13.3. The molecular formula is C13H16BrF2NO. The lowest BCUT2D eigenvalue weighted by atomic mass is 9.98. The Bertz CT molecular complexity index is 441. The van der Waals surface area contributed by atoms with Crippen molar-refractivity contribution >= 4 is 15.9 Å². The Labute approximate surface area is 114 Å². The lowest BCUT2D eigenvalue weighted by Crippen LogP contribution is -2.30. The molecule has 2 nitrogen and oxygen atoms in total. The molecule has 100 valence electrons.